The Balaban J connectivity index is 1.74. The molecule has 1 saturated heterocycles. The minimum atomic E-state index is -1.13. The number of carbonyl (C=O) groups is 2. The first-order chi connectivity index (χ1) is 17.8. The lowest BCUT2D eigenvalue weighted by Crippen LogP contribution is -2.51. The molecule has 0 radical (unpaired) electrons. The Labute approximate surface area is 211 Å². The number of benzene rings is 2. The second kappa shape index (κ2) is 9.76. The Kier molecular flexibility index (Phi) is 6.49. The molecule has 0 saturated carbocycles. The van der Waals surface area contributed by atoms with Crippen LogP contribution in [0.5, 0.6) is 5.75 Å². The maximum absolute atomic E-state index is 15.3. The summed E-state index contributed by atoms with van der Waals surface area (Å²) in [7, 11) is 0. The Bertz CT molecular complexity index is 1410. The van der Waals surface area contributed by atoms with Crippen molar-refractivity contribution in [2.24, 2.45) is 0 Å². The van der Waals surface area contributed by atoms with Crippen molar-refractivity contribution in [2.75, 3.05) is 6.54 Å². The van der Waals surface area contributed by atoms with Gasteiger partial charge in [0.25, 0.3) is 5.91 Å². The van der Waals surface area contributed by atoms with Crippen molar-refractivity contribution in [2.45, 2.75) is 50.8 Å². The quantitative estimate of drug-likeness (QED) is 0.473. The lowest BCUT2D eigenvalue weighted by molar-refractivity contribution is 0.0543. The summed E-state index contributed by atoms with van der Waals surface area (Å²) in [5.74, 6) is -3.81. The fourth-order valence-electron chi connectivity index (χ4n) is 5.32. The second-order valence-corrected chi connectivity index (χ2v) is 9.38. The Morgan fingerprint density at radius 2 is 1.84 bits per heavy atom. The van der Waals surface area contributed by atoms with E-state index >= 15 is 4.39 Å². The molecule has 10 heteroatoms. The highest BCUT2D eigenvalue weighted by Crippen LogP contribution is 2.46. The van der Waals surface area contributed by atoms with Gasteiger partial charge >= 0.3 is 6.16 Å². The molecule has 0 N–H and O–H groups in total. The molecule has 3 atom stereocenters. The number of rotatable bonds is 5. The van der Waals surface area contributed by atoms with Crippen LogP contribution in [0.15, 0.2) is 59.5 Å². The van der Waals surface area contributed by atoms with E-state index in [1.54, 1.807) is 43.0 Å². The van der Waals surface area contributed by atoms with E-state index in [9.17, 15) is 18.8 Å². The van der Waals surface area contributed by atoms with E-state index in [4.69, 9.17) is 9.47 Å². The van der Waals surface area contributed by atoms with Gasteiger partial charge < -0.3 is 14.4 Å². The van der Waals surface area contributed by atoms with Crippen LogP contribution in [0.4, 0.5) is 13.6 Å². The van der Waals surface area contributed by atoms with Crippen LogP contribution >= 0.6 is 0 Å². The molecule has 1 aromatic heterocycles. The lowest BCUT2D eigenvalue weighted by Gasteiger charge is -2.42. The van der Waals surface area contributed by atoms with Crippen LogP contribution in [0, 0.1) is 11.6 Å². The summed E-state index contributed by atoms with van der Waals surface area (Å²) in [5.41, 5.74) is -0.240. The minimum Gasteiger partial charge on any atom is -0.431 e. The highest BCUT2D eigenvalue weighted by Gasteiger charge is 2.49. The second-order valence-electron chi connectivity index (χ2n) is 9.38. The monoisotopic (exact) mass is 509 g/mol. The van der Waals surface area contributed by atoms with E-state index in [1.165, 1.54) is 16.8 Å². The zero-order chi connectivity index (χ0) is 26.3. The molecule has 3 heterocycles. The molecule has 2 aromatic carbocycles. The molecule has 0 spiro atoms. The smallest absolute Gasteiger partial charge is 0.431 e. The van der Waals surface area contributed by atoms with Crippen molar-refractivity contribution in [3.05, 3.63) is 93.4 Å². The van der Waals surface area contributed by atoms with Crippen molar-refractivity contribution >= 4 is 12.1 Å². The van der Waals surface area contributed by atoms with Gasteiger partial charge in [0, 0.05) is 18.0 Å². The average molecular weight is 510 g/mol. The van der Waals surface area contributed by atoms with E-state index in [0.717, 1.165) is 12.3 Å². The Morgan fingerprint density at radius 1 is 1.08 bits per heavy atom. The minimum absolute atomic E-state index is 0.0885. The van der Waals surface area contributed by atoms with Gasteiger partial charge in [0.1, 0.15) is 0 Å². The number of fused-ring (bicyclic) bond motifs is 2. The zero-order valence-corrected chi connectivity index (χ0v) is 20.3. The van der Waals surface area contributed by atoms with Gasteiger partial charge in [-0.1, -0.05) is 42.5 Å². The van der Waals surface area contributed by atoms with Gasteiger partial charge in [-0.15, -0.1) is 0 Å². The summed E-state index contributed by atoms with van der Waals surface area (Å²) in [6.07, 6.45) is 0.568. The molecule has 1 amide bonds. The van der Waals surface area contributed by atoms with Gasteiger partial charge in [-0.05, 0) is 38.3 Å². The standard InChI is InChI=1S/C27H25F2N3O5/c1-15(2)36-27(35)37-25-20(33)14-30-32-23(19-12-7-13-31(19)26(34)24(25)32)21(16-8-4-3-5-9-16)17-10-6-11-18(28)22(17)29/h3-6,8-11,14-15,19,21,23H,7,12-13H2,1-2H3/t19-,21-,23-/m1/s1. The van der Waals surface area contributed by atoms with Crippen LogP contribution in [0.1, 0.15) is 60.3 Å². The van der Waals surface area contributed by atoms with Gasteiger partial charge in [-0.25, -0.2) is 18.3 Å². The van der Waals surface area contributed by atoms with Crippen molar-refractivity contribution in [1.29, 1.82) is 0 Å². The number of amides is 1. The summed E-state index contributed by atoms with van der Waals surface area (Å²) < 4.78 is 41.3. The van der Waals surface area contributed by atoms with E-state index in [0.29, 0.717) is 24.9 Å². The van der Waals surface area contributed by atoms with Crippen molar-refractivity contribution < 1.29 is 27.8 Å². The van der Waals surface area contributed by atoms with E-state index < -0.39 is 59.0 Å². The molecular formula is C27H25F2N3O5. The highest BCUT2D eigenvalue weighted by molar-refractivity contribution is 5.97. The number of ether oxygens (including phenoxy) is 2. The first-order valence-corrected chi connectivity index (χ1v) is 12.1. The molecule has 2 aliphatic heterocycles. The fourth-order valence-corrected chi connectivity index (χ4v) is 5.32. The fraction of sp³-hybridized carbons (Fsp3) is 0.333. The molecular weight excluding hydrogens is 484 g/mol. The predicted molar refractivity (Wildman–Crippen MR) is 128 cm³/mol. The molecule has 5 rings (SSSR count). The number of hydrogen-bond acceptors (Lipinski definition) is 6. The lowest BCUT2D eigenvalue weighted by atomic mass is 9.79. The highest BCUT2D eigenvalue weighted by atomic mass is 19.2. The molecule has 1 fully saturated rings. The number of aromatic nitrogens is 2. The SMILES string of the molecule is CC(C)OC(=O)Oc1c2n(ncc1=O)[C@@H]([C@H](c1ccccc1)c1cccc(F)c1F)[C@H]1CCCN1C2=O. The maximum atomic E-state index is 15.3. The zero-order valence-electron chi connectivity index (χ0n) is 20.3. The molecule has 0 unspecified atom stereocenters. The molecule has 0 bridgehead atoms. The van der Waals surface area contributed by atoms with Crippen LogP contribution in [0.25, 0.3) is 0 Å². The average Bonchev–Trinajstić information content (AvgIpc) is 3.36. The molecule has 8 nitrogen and oxygen atoms in total. The van der Waals surface area contributed by atoms with Crippen molar-refractivity contribution in [3.63, 3.8) is 0 Å². The molecule has 192 valence electrons. The number of halogens is 2. The topological polar surface area (TPSA) is 90.7 Å². The molecule has 37 heavy (non-hydrogen) atoms. The summed E-state index contributed by atoms with van der Waals surface area (Å²) >= 11 is 0. The molecule has 0 aliphatic carbocycles. The van der Waals surface area contributed by atoms with Gasteiger partial charge in [-0.3, -0.25) is 9.59 Å². The van der Waals surface area contributed by atoms with Crippen LogP contribution < -0.4 is 10.2 Å². The third-order valence-electron chi connectivity index (χ3n) is 6.74. The van der Waals surface area contributed by atoms with Crippen LogP contribution in [0.2, 0.25) is 0 Å². The number of nitrogens with zero attached hydrogens (tertiary/aromatic N) is 3. The van der Waals surface area contributed by atoms with Gasteiger partial charge in [-0.2, -0.15) is 5.10 Å². The van der Waals surface area contributed by atoms with Gasteiger partial charge in [0.05, 0.1) is 24.4 Å². The summed E-state index contributed by atoms with van der Waals surface area (Å²) in [6.45, 7) is 3.63. The third kappa shape index (κ3) is 4.36. The summed E-state index contributed by atoms with van der Waals surface area (Å²) in [4.78, 5) is 40.3. The Hall–Kier alpha value is -4.08. The normalized spacial score (nSPS) is 19.4. The summed E-state index contributed by atoms with van der Waals surface area (Å²) in [6, 6.07) is 11.8. The maximum Gasteiger partial charge on any atom is 0.514 e. The Morgan fingerprint density at radius 3 is 2.57 bits per heavy atom. The summed E-state index contributed by atoms with van der Waals surface area (Å²) in [5, 5.41) is 4.27. The molecule has 2 aliphatic rings. The van der Waals surface area contributed by atoms with E-state index in [1.807, 2.05) is 6.07 Å². The van der Waals surface area contributed by atoms with Gasteiger partial charge in [0.2, 0.25) is 11.2 Å². The van der Waals surface area contributed by atoms with E-state index in [-0.39, 0.29) is 11.3 Å². The number of hydrogen-bond donors (Lipinski definition) is 0. The van der Waals surface area contributed by atoms with Crippen LogP contribution in [-0.2, 0) is 4.74 Å². The number of carbonyl (C=O) groups excluding carboxylic acids is 2. The van der Waals surface area contributed by atoms with Crippen molar-refractivity contribution in [1.82, 2.24) is 14.7 Å². The third-order valence-corrected chi connectivity index (χ3v) is 6.74. The largest absolute Gasteiger partial charge is 0.514 e. The predicted octanol–water partition coefficient (Wildman–Crippen LogP) is 4.44. The van der Waals surface area contributed by atoms with Crippen molar-refractivity contribution in [3.8, 4) is 5.75 Å². The van der Waals surface area contributed by atoms with E-state index in [2.05, 4.69) is 5.10 Å². The first-order valence-electron chi connectivity index (χ1n) is 12.1. The van der Waals surface area contributed by atoms with Crippen LogP contribution in [-0.4, -0.2) is 45.4 Å². The molecule has 3 aromatic rings. The van der Waals surface area contributed by atoms with Crippen LogP contribution in [0.3, 0.4) is 0 Å². The van der Waals surface area contributed by atoms with Gasteiger partial charge in [0.15, 0.2) is 17.3 Å². The first kappa shape index (κ1) is 24.6.